The summed E-state index contributed by atoms with van der Waals surface area (Å²) in [6.45, 7) is 0. The Morgan fingerprint density at radius 3 is 2.73 bits per heavy atom. The first-order valence-electron chi connectivity index (χ1n) is 4.10. The second-order valence-electron chi connectivity index (χ2n) is 3.04. The molecule has 84 valence electrons. The molecule has 0 radical (unpaired) electrons. The van der Waals surface area contributed by atoms with Crippen LogP contribution in [0, 0.1) is 0 Å². The van der Waals surface area contributed by atoms with Crippen LogP contribution in [-0.4, -0.2) is 31.2 Å². The molecular formula is C8H11ClN2O2S2. The van der Waals surface area contributed by atoms with E-state index in [1.54, 1.807) is 12.1 Å². The SMILES string of the molecule is CS(=O)(=O)CCSc1cc(N)cc(Cl)n1. The molecule has 0 saturated heterocycles. The van der Waals surface area contributed by atoms with Crippen molar-refractivity contribution in [1.29, 1.82) is 0 Å². The van der Waals surface area contributed by atoms with Gasteiger partial charge in [-0.3, -0.25) is 0 Å². The van der Waals surface area contributed by atoms with E-state index in [0.717, 1.165) is 0 Å². The van der Waals surface area contributed by atoms with Crippen molar-refractivity contribution in [3.63, 3.8) is 0 Å². The maximum absolute atomic E-state index is 10.9. The van der Waals surface area contributed by atoms with Gasteiger partial charge in [-0.05, 0) is 12.1 Å². The van der Waals surface area contributed by atoms with Gasteiger partial charge < -0.3 is 5.73 Å². The van der Waals surface area contributed by atoms with Gasteiger partial charge in [0.2, 0.25) is 0 Å². The van der Waals surface area contributed by atoms with Crippen LogP contribution in [0.15, 0.2) is 17.2 Å². The minimum atomic E-state index is -2.93. The molecule has 0 aliphatic carbocycles. The fourth-order valence-corrected chi connectivity index (χ4v) is 3.27. The number of rotatable bonds is 4. The number of pyridine rings is 1. The lowest BCUT2D eigenvalue weighted by atomic mass is 10.4. The molecule has 1 rings (SSSR count). The number of nitrogens with two attached hydrogens (primary N) is 1. The summed E-state index contributed by atoms with van der Waals surface area (Å²) in [6.07, 6.45) is 1.20. The Balaban J connectivity index is 2.58. The minimum Gasteiger partial charge on any atom is -0.399 e. The van der Waals surface area contributed by atoms with Gasteiger partial charge in [0.1, 0.15) is 15.0 Å². The van der Waals surface area contributed by atoms with E-state index in [1.807, 2.05) is 0 Å². The van der Waals surface area contributed by atoms with Crippen LogP contribution in [0.1, 0.15) is 0 Å². The monoisotopic (exact) mass is 266 g/mol. The first-order valence-corrected chi connectivity index (χ1v) is 7.53. The summed E-state index contributed by atoms with van der Waals surface area (Å²) < 4.78 is 21.7. The average molecular weight is 267 g/mol. The molecule has 0 bridgehead atoms. The van der Waals surface area contributed by atoms with E-state index < -0.39 is 9.84 Å². The number of thioether (sulfide) groups is 1. The number of hydrogen-bond acceptors (Lipinski definition) is 5. The number of halogens is 1. The quantitative estimate of drug-likeness (QED) is 0.660. The Labute approximate surface area is 98.1 Å². The predicted octanol–water partition coefficient (Wildman–Crippen LogP) is 1.45. The van der Waals surface area contributed by atoms with Gasteiger partial charge in [0.15, 0.2) is 0 Å². The molecule has 0 aliphatic heterocycles. The molecule has 1 heterocycles. The van der Waals surface area contributed by atoms with Gasteiger partial charge in [-0.1, -0.05) is 11.6 Å². The fraction of sp³-hybridized carbons (Fsp3) is 0.375. The van der Waals surface area contributed by atoms with Crippen LogP contribution < -0.4 is 5.73 Å². The van der Waals surface area contributed by atoms with Gasteiger partial charge in [-0.25, -0.2) is 13.4 Å². The Hall–Kier alpha value is -0.460. The van der Waals surface area contributed by atoms with Gasteiger partial charge in [-0.2, -0.15) is 0 Å². The van der Waals surface area contributed by atoms with Gasteiger partial charge in [0.25, 0.3) is 0 Å². The summed E-state index contributed by atoms with van der Waals surface area (Å²) in [6, 6.07) is 3.21. The lowest BCUT2D eigenvalue weighted by Gasteiger charge is -2.02. The lowest BCUT2D eigenvalue weighted by Crippen LogP contribution is -2.05. The van der Waals surface area contributed by atoms with Crippen LogP contribution in [-0.2, 0) is 9.84 Å². The maximum Gasteiger partial charge on any atom is 0.148 e. The molecule has 0 saturated carbocycles. The van der Waals surface area contributed by atoms with Crippen LogP contribution in [0.4, 0.5) is 5.69 Å². The summed E-state index contributed by atoms with van der Waals surface area (Å²) in [5.74, 6) is 0.567. The Morgan fingerprint density at radius 1 is 1.53 bits per heavy atom. The number of hydrogen-bond donors (Lipinski definition) is 1. The largest absolute Gasteiger partial charge is 0.399 e. The maximum atomic E-state index is 10.9. The highest BCUT2D eigenvalue weighted by Crippen LogP contribution is 2.21. The molecular weight excluding hydrogens is 256 g/mol. The Bertz CT molecular complexity index is 428. The van der Waals surface area contributed by atoms with Crippen LogP contribution >= 0.6 is 23.4 Å². The third kappa shape index (κ3) is 5.25. The van der Waals surface area contributed by atoms with Crippen LogP contribution in [0.2, 0.25) is 5.15 Å². The van der Waals surface area contributed by atoms with E-state index in [2.05, 4.69) is 4.98 Å². The van der Waals surface area contributed by atoms with E-state index in [-0.39, 0.29) is 5.75 Å². The third-order valence-electron chi connectivity index (χ3n) is 1.50. The lowest BCUT2D eigenvalue weighted by molar-refractivity contribution is 0.603. The van der Waals surface area contributed by atoms with Crippen LogP contribution in [0.25, 0.3) is 0 Å². The van der Waals surface area contributed by atoms with Gasteiger partial charge >= 0.3 is 0 Å². The molecule has 0 atom stereocenters. The van der Waals surface area contributed by atoms with Crippen molar-refractivity contribution in [1.82, 2.24) is 4.98 Å². The highest BCUT2D eigenvalue weighted by Gasteiger charge is 2.04. The molecule has 0 unspecified atom stereocenters. The zero-order valence-corrected chi connectivity index (χ0v) is 10.5. The topological polar surface area (TPSA) is 73.0 Å². The second kappa shape index (κ2) is 5.05. The van der Waals surface area contributed by atoms with Crippen molar-refractivity contribution in [3.05, 3.63) is 17.3 Å². The molecule has 0 amide bonds. The first-order chi connectivity index (χ1) is 6.87. The zero-order chi connectivity index (χ0) is 11.5. The van der Waals surface area contributed by atoms with E-state index in [4.69, 9.17) is 17.3 Å². The molecule has 1 aromatic rings. The predicted molar refractivity (Wildman–Crippen MR) is 64.1 cm³/mol. The Morgan fingerprint density at radius 2 is 2.20 bits per heavy atom. The molecule has 0 spiro atoms. The standard InChI is InChI=1S/C8H11ClN2O2S2/c1-15(12,13)3-2-14-8-5-6(10)4-7(9)11-8/h4-5H,2-3H2,1H3,(H2,10,11). The second-order valence-corrected chi connectivity index (χ2v) is 6.80. The van der Waals surface area contributed by atoms with Crippen molar-refractivity contribution in [3.8, 4) is 0 Å². The first kappa shape index (κ1) is 12.6. The zero-order valence-electron chi connectivity index (χ0n) is 8.10. The molecule has 15 heavy (non-hydrogen) atoms. The van der Waals surface area contributed by atoms with Crippen LogP contribution in [0.3, 0.4) is 0 Å². The van der Waals surface area contributed by atoms with Gasteiger partial charge in [0.05, 0.1) is 10.8 Å². The molecule has 0 fully saturated rings. The van der Waals surface area contributed by atoms with E-state index >= 15 is 0 Å². The highest BCUT2D eigenvalue weighted by molar-refractivity contribution is 8.00. The van der Waals surface area contributed by atoms with E-state index in [9.17, 15) is 8.42 Å². The van der Waals surface area contributed by atoms with Crippen molar-refractivity contribution in [2.24, 2.45) is 0 Å². The summed E-state index contributed by atoms with van der Waals surface area (Å²) in [5.41, 5.74) is 6.09. The van der Waals surface area contributed by atoms with Crippen molar-refractivity contribution in [2.45, 2.75) is 5.03 Å². The number of anilines is 1. The number of aromatic nitrogens is 1. The molecule has 1 aromatic heterocycles. The molecule has 2 N–H and O–H groups in total. The van der Waals surface area contributed by atoms with Gasteiger partial charge in [0, 0.05) is 17.7 Å². The van der Waals surface area contributed by atoms with Gasteiger partial charge in [-0.15, -0.1) is 11.8 Å². The molecule has 7 heteroatoms. The average Bonchev–Trinajstić information content (AvgIpc) is 1.99. The van der Waals surface area contributed by atoms with E-state index in [1.165, 1.54) is 18.0 Å². The highest BCUT2D eigenvalue weighted by atomic mass is 35.5. The number of nitrogen functional groups attached to an aromatic ring is 1. The van der Waals surface area contributed by atoms with Crippen molar-refractivity contribution in [2.75, 3.05) is 23.5 Å². The molecule has 0 aliphatic rings. The summed E-state index contributed by atoms with van der Waals surface area (Å²) in [5, 5.41) is 0.959. The summed E-state index contributed by atoms with van der Waals surface area (Å²) >= 11 is 7.02. The minimum absolute atomic E-state index is 0.117. The molecule has 0 aromatic carbocycles. The summed E-state index contributed by atoms with van der Waals surface area (Å²) in [7, 11) is -2.93. The third-order valence-corrected chi connectivity index (χ3v) is 3.81. The smallest absolute Gasteiger partial charge is 0.148 e. The van der Waals surface area contributed by atoms with Crippen molar-refractivity contribution < 1.29 is 8.42 Å². The molecule has 4 nitrogen and oxygen atoms in total. The number of nitrogens with zero attached hydrogens (tertiary/aromatic N) is 1. The van der Waals surface area contributed by atoms with Crippen LogP contribution in [0.5, 0.6) is 0 Å². The fourth-order valence-electron chi connectivity index (χ4n) is 0.863. The summed E-state index contributed by atoms with van der Waals surface area (Å²) in [4.78, 5) is 4.01. The normalized spacial score (nSPS) is 11.6. The van der Waals surface area contributed by atoms with E-state index in [0.29, 0.717) is 21.6 Å². The number of sulfone groups is 1. The Kier molecular flexibility index (Phi) is 4.24. The van der Waals surface area contributed by atoms with Crippen molar-refractivity contribution >= 4 is 38.9 Å².